The number of hydrogen-bond acceptors (Lipinski definition) is 1. The van der Waals surface area contributed by atoms with Crippen LogP contribution in [0.2, 0.25) is 5.02 Å². The van der Waals surface area contributed by atoms with Crippen LogP contribution in [0, 0.1) is 5.82 Å². The monoisotopic (exact) mass is 419 g/mol. The number of aromatic nitrogens is 1. The van der Waals surface area contributed by atoms with E-state index in [1.165, 1.54) is 6.07 Å². The van der Waals surface area contributed by atoms with Crippen LogP contribution in [0.15, 0.2) is 42.7 Å². The molecule has 0 atom stereocenters. The second kappa shape index (κ2) is 7.01. The van der Waals surface area contributed by atoms with Crippen LogP contribution < -0.4 is 0 Å². The quantitative estimate of drug-likeness (QED) is 0.609. The molecule has 0 N–H and O–H groups in total. The summed E-state index contributed by atoms with van der Waals surface area (Å²) in [6.45, 7) is 0. The van der Waals surface area contributed by atoms with Crippen LogP contribution in [-0.2, 0) is 11.8 Å². The van der Waals surface area contributed by atoms with E-state index in [9.17, 15) is 4.39 Å². The van der Waals surface area contributed by atoms with Crippen molar-refractivity contribution >= 4 is 43.5 Å². The number of pyridine rings is 1. The highest BCUT2D eigenvalue weighted by molar-refractivity contribution is 9.09. The molecule has 2 rings (SSSR count). The number of alkyl halides is 2. The van der Waals surface area contributed by atoms with Crippen molar-refractivity contribution in [1.29, 1.82) is 0 Å². The Hall–Kier alpha value is -0.450. The van der Waals surface area contributed by atoms with E-state index in [0.717, 1.165) is 5.56 Å². The first-order valence-electron chi connectivity index (χ1n) is 6.08. The molecule has 106 valence electrons. The molecule has 1 aromatic heterocycles. The molecule has 0 bridgehead atoms. The summed E-state index contributed by atoms with van der Waals surface area (Å²) in [5, 5.41) is 1.87. The average Bonchev–Trinajstić information content (AvgIpc) is 2.48. The maximum Gasteiger partial charge on any atom is 0.127 e. The highest BCUT2D eigenvalue weighted by Crippen LogP contribution is 2.35. The summed E-state index contributed by atoms with van der Waals surface area (Å²) in [6.07, 6.45) is 3.95. The lowest BCUT2D eigenvalue weighted by atomic mass is 9.79. The van der Waals surface area contributed by atoms with E-state index in [-0.39, 0.29) is 5.82 Å². The van der Waals surface area contributed by atoms with Crippen LogP contribution in [0.5, 0.6) is 0 Å². The minimum Gasteiger partial charge on any atom is -0.263 e. The molecular formula is C15H13Br2ClFN. The van der Waals surface area contributed by atoms with Gasteiger partial charge >= 0.3 is 0 Å². The van der Waals surface area contributed by atoms with Crippen molar-refractivity contribution in [3.63, 3.8) is 0 Å². The third-order valence-corrected chi connectivity index (χ3v) is 5.83. The Bertz CT molecular complexity index is 588. The molecular weight excluding hydrogens is 408 g/mol. The van der Waals surface area contributed by atoms with Crippen molar-refractivity contribution in [3.8, 4) is 0 Å². The van der Waals surface area contributed by atoms with Crippen molar-refractivity contribution in [2.75, 3.05) is 10.7 Å². The van der Waals surface area contributed by atoms with E-state index in [1.807, 2.05) is 18.2 Å². The van der Waals surface area contributed by atoms with Gasteiger partial charge in [-0.05, 0) is 29.7 Å². The molecule has 1 aromatic carbocycles. The summed E-state index contributed by atoms with van der Waals surface area (Å²) < 4.78 is 14.2. The number of halogens is 4. The first kappa shape index (κ1) is 15.9. The number of benzene rings is 1. The molecule has 20 heavy (non-hydrogen) atoms. The van der Waals surface area contributed by atoms with Crippen LogP contribution in [0.4, 0.5) is 4.39 Å². The molecule has 1 heterocycles. The smallest absolute Gasteiger partial charge is 0.127 e. The molecule has 5 heteroatoms. The molecule has 0 unspecified atom stereocenters. The van der Waals surface area contributed by atoms with Gasteiger partial charge in [-0.3, -0.25) is 4.98 Å². The maximum absolute atomic E-state index is 14.2. The normalized spacial score (nSPS) is 11.6. The van der Waals surface area contributed by atoms with Gasteiger partial charge in [0.2, 0.25) is 0 Å². The fourth-order valence-electron chi connectivity index (χ4n) is 2.17. The molecule has 0 fully saturated rings. The van der Waals surface area contributed by atoms with Crippen LogP contribution in [0.25, 0.3) is 0 Å². The minimum absolute atomic E-state index is 0.198. The zero-order valence-corrected chi connectivity index (χ0v) is 14.5. The largest absolute Gasteiger partial charge is 0.263 e. The summed E-state index contributed by atoms with van der Waals surface area (Å²) >= 11 is 13.2. The lowest BCUT2D eigenvalue weighted by Crippen LogP contribution is -2.34. The molecule has 0 saturated heterocycles. The van der Waals surface area contributed by atoms with E-state index < -0.39 is 5.41 Å². The third kappa shape index (κ3) is 3.23. The Balaban J connectivity index is 2.46. The van der Waals surface area contributed by atoms with Crippen molar-refractivity contribution in [3.05, 3.63) is 64.7 Å². The number of hydrogen-bond donors (Lipinski definition) is 0. The maximum atomic E-state index is 14.2. The third-order valence-electron chi connectivity index (χ3n) is 3.34. The summed E-state index contributed by atoms with van der Waals surface area (Å²) in [5.74, 6) is -0.198. The summed E-state index contributed by atoms with van der Waals surface area (Å²) in [6, 6.07) is 8.75. The highest BCUT2D eigenvalue weighted by atomic mass is 79.9. The van der Waals surface area contributed by atoms with Gasteiger partial charge in [0.25, 0.3) is 0 Å². The van der Waals surface area contributed by atoms with Crippen LogP contribution in [0.3, 0.4) is 0 Å². The average molecular weight is 422 g/mol. The van der Waals surface area contributed by atoms with Gasteiger partial charge < -0.3 is 0 Å². The van der Waals surface area contributed by atoms with Crippen molar-refractivity contribution in [1.82, 2.24) is 4.98 Å². The Morgan fingerprint density at radius 1 is 1.15 bits per heavy atom. The van der Waals surface area contributed by atoms with Crippen LogP contribution >= 0.6 is 43.5 Å². The topological polar surface area (TPSA) is 12.9 Å². The van der Waals surface area contributed by atoms with Gasteiger partial charge in [-0.1, -0.05) is 61.7 Å². The second-order valence-electron chi connectivity index (χ2n) is 4.67. The Labute approximate surface area is 139 Å². The molecule has 0 aliphatic heterocycles. The zero-order chi connectivity index (χ0) is 14.6. The second-order valence-corrected chi connectivity index (χ2v) is 6.20. The molecule has 1 nitrogen and oxygen atoms in total. The molecule has 0 amide bonds. The molecule has 0 saturated carbocycles. The van der Waals surface area contributed by atoms with E-state index in [0.29, 0.717) is 27.7 Å². The van der Waals surface area contributed by atoms with Gasteiger partial charge in [0.1, 0.15) is 5.82 Å². The van der Waals surface area contributed by atoms with E-state index in [2.05, 4.69) is 36.8 Å². The van der Waals surface area contributed by atoms with Crippen LogP contribution in [0.1, 0.15) is 11.1 Å². The van der Waals surface area contributed by atoms with Gasteiger partial charge in [-0.15, -0.1) is 0 Å². The number of rotatable bonds is 5. The van der Waals surface area contributed by atoms with Crippen molar-refractivity contribution < 1.29 is 4.39 Å². The van der Waals surface area contributed by atoms with E-state index in [4.69, 9.17) is 11.6 Å². The van der Waals surface area contributed by atoms with Gasteiger partial charge in [0.05, 0.1) is 5.02 Å². The molecule has 0 aliphatic carbocycles. The van der Waals surface area contributed by atoms with Gasteiger partial charge in [-0.25, -0.2) is 4.39 Å². The van der Waals surface area contributed by atoms with Gasteiger partial charge in [0, 0.05) is 28.5 Å². The van der Waals surface area contributed by atoms with Crippen molar-refractivity contribution in [2.24, 2.45) is 0 Å². The summed E-state index contributed by atoms with van der Waals surface area (Å²) in [7, 11) is 0. The highest BCUT2D eigenvalue weighted by Gasteiger charge is 2.33. The van der Waals surface area contributed by atoms with Crippen molar-refractivity contribution in [2.45, 2.75) is 11.8 Å². The summed E-state index contributed by atoms with van der Waals surface area (Å²) in [5.41, 5.74) is 1.25. The Kier molecular flexibility index (Phi) is 5.58. The van der Waals surface area contributed by atoms with E-state index in [1.54, 1.807) is 18.5 Å². The molecule has 0 radical (unpaired) electrons. The Morgan fingerprint density at radius 3 is 2.45 bits per heavy atom. The SMILES string of the molecule is Fc1ccccc1C(CBr)(CBr)Cc1ccncc1Cl. The lowest BCUT2D eigenvalue weighted by Gasteiger charge is -2.31. The van der Waals surface area contributed by atoms with E-state index >= 15 is 0 Å². The predicted molar refractivity (Wildman–Crippen MR) is 88.6 cm³/mol. The predicted octanol–water partition coefficient (Wildman–Crippen LogP) is 5.14. The standard InChI is InChI=1S/C15H13Br2ClFN/c16-9-15(10-17,12-3-1-2-4-14(12)19)7-11-5-6-20-8-13(11)18/h1-6,8H,7,9-10H2. The summed E-state index contributed by atoms with van der Waals surface area (Å²) in [4.78, 5) is 3.99. The van der Waals surface area contributed by atoms with Gasteiger partial charge in [0.15, 0.2) is 0 Å². The molecule has 0 spiro atoms. The fourth-order valence-corrected chi connectivity index (χ4v) is 4.29. The lowest BCUT2D eigenvalue weighted by molar-refractivity contribution is 0.501. The van der Waals surface area contributed by atoms with Gasteiger partial charge in [-0.2, -0.15) is 0 Å². The first-order chi connectivity index (χ1) is 9.63. The fraction of sp³-hybridized carbons (Fsp3) is 0.267. The zero-order valence-electron chi connectivity index (χ0n) is 10.6. The molecule has 2 aromatic rings. The number of nitrogens with zero attached hydrogens (tertiary/aromatic N) is 1. The Morgan fingerprint density at radius 2 is 1.85 bits per heavy atom. The molecule has 0 aliphatic rings. The first-order valence-corrected chi connectivity index (χ1v) is 8.70. The van der Waals surface area contributed by atoms with Crippen LogP contribution in [-0.4, -0.2) is 15.6 Å². The minimum atomic E-state index is -0.393.